The Hall–Kier alpha value is -1.09. The smallest absolute Gasteiger partial charge is 0.123 e. The van der Waals surface area contributed by atoms with Crippen LogP contribution in [0.15, 0.2) is 18.2 Å². The van der Waals surface area contributed by atoms with Crippen molar-refractivity contribution in [2.24, 2.45) is 0 Å². The lowest BCUT2D eigenvalue weighted by atomic mass is 10.1. The number of nitrogen functional groups attached to an aromatic ring is 1. The quantitative estimate of drug-likeness (QED) is 0.603. The summed E-state index contributed by atoms with van der Waals surface area (Å²) in [7, 11) is 0. The summed E-state index contributed by atoms with van der Waals surface area (Å²) in [6.07, 6.45) is -0.717. The highest BCUT2D eigenvalue weighted by Crippen LogP contribution is 2.20. The van der Waals surface area contributed by atoms with E-state index in [1.165, 1.54) is 18.2 Å². The van der Waals surface area contributed by atoms with Crippen LogP contribution in [0, 0.1) is 5.82 Å². The van der Waals surface area contributed by atoms with Crippen molar-refractivity contribution in [3.8, 4) is 0 Å². The summed E-state index contributed by atoms with van der Waals surface area (Å²) in [5.41, 5.74) is 6.32. The fraction of sp³-hybridized carbons (Fsp3) is 0.250. The van der Waals surface area contributed by atoms with Gasteiger partial charge in [0.15, 0.2) is 0 Å². The third kappa shape index (κ3) is 1.68. The summed E-state index contributed by atoms with van der Waals surface area (Å²) in [6, 6.07) is 3.94. The van der Waals surface area contributed by atoms with Gasteiger partial charge in [0.05, 0.1) is 6.10 Å². The Morgan fingerprint density at radius 1 is 1.55 bits per heavy atom. The molecule has 11 heavy (non-hydrogen) atoms. The number of aliphatic hydroxyl groups excluding tert-OH is 1. The van der Waals surface area contributed by atoms with Crippen molar-refractivity contribution in [2.45, 2.75) is 13.0 Å². The Bertz CT molecular complexity index is 260. The van der Waals surface area contributed by atoms with E-state index in [0.29, 0.717) is 11.3 Å². The number of aliphatic hydroxyl groups is 1. The van der Waals surface area contributed by atoms with Crippen LogP contribution >= 0.6 is 0 Å². The van der Waals surface area contributed by atoms with Crippen molar-refractivity contribution in [1.29, 1.82) is 0 Å². The van der Waals surface area contributed by atoms with Crippen LogP contribution < -0.4 is 5.73 Å². The van der Waals surface area contributed by atoms with E-state index in [9.17, 15) is 4.39 Å². The number of hydrogen-bond acceptors (Lipinski definition) is 2. The molecule has 0 bridgehead atoms. The molecule has 0 aliphatic heterocycles. The minimum absolute atomic E-state index is 0.380. The van der Waals surface area contributed by atoms with Gasteiger partial charge in [0.2, 0.25) is 0 Å². The van der Waals surface area contributed by atoms with Crippen LogP contribution in [-0.4, -0.2) is 5.11 Å². The first-order chi connectivity index (χ1) is 5.11. The van der Waals surface area contributed by atoms with Crippen molar-refractivity contribution >= 4 is 5.69 Å². The zero-order valence-corrected chi connectivity index (χ0v) is 6.21. The predicted molar refractivity (Wildman–Crippen MR) is 41.4 cm³/mol. The van der Waals surface area contributed by atoms with E-state index >= 15 is 0 Å². The molecule has 3 N–H and O–H groups in total. The maximum absolute atomic E-state index is 12.5. The normalized spacial score (nSPS) is 13.0. The molecule has 0 fully saturated rings. The van der Waals surface area contributed by atoms with Crippen LogP contribution in [0.1, 0.15) is 18.6 Å². The number of halogens is 1. The highest BCUT2D eigenvalue weighted by molar-refractivity contribution is 5.47. The second-order valence-electron chi connectivity index (χ2n) is 2.45. The third-order valence-corrected chi connectivity index (χ3v) is 1.50. The Morgan fingerprint density at radius 2 is 2.18 bits per heavy atom. The first kappa shape index (κ1) is 8.01. The van der Waals surface area contributed by atoms with E-state index in [-0.39, 0.29) is 5.82 Å². The summed E-state index contributed by atoms with van der Waals surface area (Å²) < 4.78 is 12.5. The van der Waals surface area contributed by atoms with Crippen molar-refractivity contribution in [3.05, 3.63) is 29.6 Å². The molecule has 2 nitrogen and oxygen atoms in total. The van der Waals surface area contributed by atoms with Crippen molar-refractivity contribution in [3.63, 3.8) is 0 Å². The predicted octanol–water partition coefficient (Wildman–Crippen LogP) is 1.46. The van der Waals surface area contributed by atoms with Gasteiger partial charge in [-0.05, 0) is 25.1 Å². The van der Waals surface area contributed by atoms with Crippen LogP contribution in [0.4, 0.5) is 10.1 Å². The van der Waals surface area contributed by atoms with E-state index in [2.05, 4.69) is 0 Å². The van der Waals surface area contributed by atoms with Gasteiger partial charge in [-0.15, -0.1) is 0 Å². The molecule has 0 heterocycles. The van der Waals surface area contributed by atoms with Crippen molar-refractivity contribution in [1.82, 2.24) is 0 Å². The van der Waals surface area contributed by atoms with E-state index < -0.39 is 6.10 Å². The van der Waals surface area contributed by atoms with Crippen LogP contribution in [0.3, 0.4) is 0 Å². The molecular weight excluding hydrogens is 145 g/mol. The molecule has 1 rings (SSSR count). The van der Waals surface area contributed by atoms with Crippen LogP contribution in [0.2, 0.25) is 0 Å². The zero-order chi connectivity index (χ0) is 8.43. The molecule has 0 amide bonds. The van der Waals surface area contributed by atoms with E-state index in [0.717, 1.165) is 0 Å². The Labute approximate surface area is 64.5 Å². The monoisotopic (exact) mass is 155 g/mol. The molecule has 0 aromatic heterocycles. The first-order valence-corrected chi connectivity index (χ1v) is 3.34. The Kier molecular flexibility index (Phi) is 2.10. The molecule has 3 heteroatoms. The van der Waals surface area contributed by atoms with Gasteiger partial charge in [-0.1, -0.05) is 0 Å². The lowest BCUT2D eigenvalue weighted by molar-refractivity contribution is 0.199. The average molecular weight is 155 g/mol. The maximum atomic E-state index is 12.5. The molecule has 0 saturated carbocycles. The van der Waals surface area contributed by atoms with E-state index in [1.54, 1.807) is 6.92 Å². The molecule has 1 unspecified atom stereocenters. The second kappa shape index (κ2) is 2.88. The lowest BCUT2D eigenvalue weighted by Gasteiger charge is -2.07. The molecule has 60 valence electrons. The molecule has 1 atom stereocenters. The van der Waals surface area contributed by atoms with Gasteiger partial charge < -0.3 is 10.8 Å². The maximum Gasteiger partial charge on any atom is 0.123 e. The Morgan fingerprint density at radius 3 is 2.64 bits per heavy atom. The minimum atomic E-state index is -0.717. The van der Waals surface area contributed by atoms with Crippen molar-refractivity contribution in [2.75, 3.05) is 5.73 Å². The van der Waals surface area contributed by atoms with Gasteiger partial charge in [0.1, 0.15) is 5.82 Å². The Balaban J connectivity index is 3.13. The van der Waals surface area contributed by atoms with Gasteiger partial charge >= 0.3 is 0 Å². The molecule has 1 aromatic rings. The van der Waals surface area contributed by atoms with Crippen LogP contribution in [0.5, 0.6) is 0 Å². The van der Waals surface area contributed by atoms with E-state index in [1.807, 2.05) is 0 Å². The van der Waals surface area contributed by atoms with Gasteiger partial charge in [0, 0.05) is 11.3 Å². The standard InChI is InChI=1S/C8H10FNO/c1-5(11)7-4-6(9)2-3-8(7)10/h2-5,11H,10H2,1H3. The molecular formula is C8H10FNO. The molecule has 0 radical (unpaired) electrons. The molecule has 0 aliphatic carbocycles. The fourth-order valence-electron chi connectivity index (χ4n) is 0.907. The SMILES string of the molecule is CC(O)c1cc(F)ccc1N. The lowest BCUT2D eigenvalue weighted by Crippen LogP contribution is -1.98. The minimum Gasteiger partial charge on any atom is -0.398 e. The average Bonchev–Trinajstić information content (AvgIpc) is 1.94. The largest absolute Gasteiger partial charge is 0.398 e. The summed E-state index contributed by atoms with van der Waals surface area (Å²) in [4.78, 5) is 0. The van der Waals surface area contributed by atoms with Gasteiger partial charge in [-0.25, -0.2) is 4.39 Å². The molecule has 0 saturated heterocycles. The summed E-state index contributed by atoms with van der Waals surface area (Å²) >= 11 is 0. The first-order valence-electron chi connectivity index (χ1n) is 3.34. The molecule has 0 spiro atoms. The highest BCUT2D eigenvalue weighted by Gasteiger charge is 2.05. The topological polar surface area (TPSA) is 46.2 Å². The van der Waals surface area contributed by atoms with Gasteiger partial charge in [0.25, 0.3) is 0 Å². The third-order valence-electron chi connectivity index (χ3n) is 1.50. The van der Waals surface area contributed by atoms with E-state index in [4.69, 9.17) is 10.8 Å². The van der Waals surface area contributed by atoms with Gasteiger partial charge in [-0.3, -0.25) is 0 Å². The summed E-state index contributed by atoms with van der Waals surface area (Å²) in [6.45, 7) is 1.55. The summed E-state index contributed by atoms with van der Waals surface area (Å²) in [5, 5.41) is 9.08. The number of rotatable bonds is 1. The van der Waals surface area contributed by atoms with Crippen LogP contribution in [0.25, 0.3) is 0 Å². The second-order valence-corrected chi connectivity index (χ2v) is 2.45. The van der Waals surface area contributed by atoms with Crippen molar-refractivity contribution < 1.29 is 9.50 Å². The number of hydrogen-bond donors (Lipinski definition) is 2. The fourth-order valence-corrected chi connectivity index (χ4v) is 0.907. The highest BCUT2D eigenvalue weighted by atomic mass is 19.1. The number of benzene rings is 1. The summed E-state index contributed by atoms with van der Waals surface area (Å²) in [5.74, 6) is -0.380. The molecule has 0 aliphatic rings. The molecule has 1 aromatic carbocycles. The van der Waals surface area contributed by atoms with Crippen LogP contribution in [-0.2, 0) is 0 Å². The zero-order valence-electron chi connectivity index (χ0n) is 6.21. The number of nitrogens with two attached hydrogens (primary N) is 1. The number of anilines is 1. The van der Waals surface area contributed by atoms with Gasteiger partial charge in [-0.2, -0.15) is 0 Å².